The standard InChI is InChI=1S/C8H7N3O3S/c9-1-2-10-4-5(8(13)14)11-6(12)3-7(11)15-10/h4,7H,2-3H2,(H,13,14). The maximum atomic E-state index is 11.2. The molecule has 1 atom stereocenters. The van der Waals surface area contributed by atoms with Gasteiger partial charge in [0.2, 0.25) is 5.91 Å². The predicted octanol–water partition coefficient (Wildman–Crippen LogP) is -0.0418. The van der Waals surface area contributed by atoms with Crippen LogP contribution in [0.4, 0.5) is 0 Å². The summed E-state index contributed by atoms with van der Waals surface area (Å²) in [6.45, 7) is 0.111. The largest absolute Gasteiger partial charge is 0.477 e. The van der Waals surface area contributed by atoms with Gasteiger partial charge in [-0.1, -0.05) is 0 Å². The van der Waals surface area contributed by atoms with E-state index in [1.807, 2.05) is 6.07 Å². The Morgan fingerprint density at radius 3 is 3.07 bits per heavy atom. The van der Waals surface area contributed by atoms with Gasteiger partial charge in [-0.2, -0.15) is 5.26 Å². The number of nitrogens with zero attached hydrogens (tertiary/aromatic N) is 3. The zero-order valence-corrected chi connectivity index (χ0v) is 8.40. The molecule has 0 aliphatic carbocycles. The number of hydrogen-bond donors (Lipinski definition) is 1. The van der Waals surface area contributed by atoms with Crippen LogP contribution in [0.2, 0.25) is 0 Å². The Hall–Kier alpha value is -1.68. The first-order valence-electron chi connectivity index (χ1n) is 4.21. The van der Waals surface area contributed by atoms with Crippen LogP contribution in [-0.4, -0.2) is 38.1 Å². The van der Waals surface area contributed by atoms with Crippen molar-refractivity contribution in [2.24, 2.45) is 0 Å². The van der Waals surface area contributed by atoms with Crippen LogP contribution in [0, 0.1) is 11.3 Å². The van der Waals surface area contributed by atoms with Gasteiger partial charge >= 0.3 is 5.97 Å². The molecule has 0 saturated carbocycles. The molecule has 6 nitrogen and oxygen atoms in total. The number of amides is 1. The van der Waals surface area contributed by atoms with Crippen molar-refractivity contribution in [3.63, 3.8) is 0 Å². The zero-order chi connectivity index (χ0) is 11.0. The molecule has 0 spiro atoms. The van der Waals surface area contributed by atoms with Gasteiger partial charge in [-0.05, 0) is 11.9 Å². The second-order valence-corrected chi connectivity index (χ2v) is 4.30. The molecule has 0 aromatic heterocycles. The Labute approximate surface area is 89.9 Å². The van der Waals surface area contributed by atoms with E-state index in [-0.39, 0.29) is 23.5 Å². The third-order valence-electron chi connectivity index (χ3n) is 2.13. The lowest BCUT2D eigenvalue weighted by Gasteiger charge is -2.44. The summed E-state index contributed by atoms with van der Waals surface area (Å²) in [5.41, 5.74) is -0.0507. The van der Waals surface area contributed by atoms with Crippen molar-refractivity contribution in [3.8, 4) is 6.07 Å². The van der Waals surface area contributed by atoms with Crippen molar-refractivity contribution in [1.29, 1.82) is 5.26 Å². The summed E-state index contributed by atoms with van der Waals surface area (Å²) in [4.78, 5) is 23.3. The second-order valence-electron chi connectivity index (χ2n) is 3.08. The fraction of sp³-hybridized carbons (Fsp3) is 0.375. The molecule has 1 saturated heterocycles. The van der Waals surface area contributed by atoms with E-state index in [1.54, 1.807) is 0 Å². The highest BCUT2D eigenvalue weighted by molar-refractivity contribution is 7.97. The molecule has 1 fully saturated rings. The van der Waals surface area contributed by atoms with Crippen molar-refractivity contribution in [1.82, 2.24) is 9.21 Å². The van der Waals surface area contributed by atoms with Gasteiger partial charge in [0.15, 0.2) is 0 Å². The van der Waals surface area contributed by atoms with Gasteiger partial charge in [0.05, 0.1) is 12.5 Å². The third-order valence-corrected chi connectivity index (χ3v) is 3.26. The van der Waals surface area contributed by atoms with Crippen LogP contribution in [-0.2, 0) is 9.59 Å². The first-order chi connectivity index (χ1) is 7.13. The smallest absolute Gasteiger partial charge is 0.354 e. The fourth-order valence-corrected chi connectivity index (χ4v) is 2.61. The van der Waals surface area contributed by atoms with Crippen molar-refractivity contribution in [2.75, 3.05) is 6.54 Å². The highest BCUT2D eigenvalue weighted by Crippen LogP contribution is 2.39. The molecule has 78 valence electrons. The number of nitriles is 1. The number of rotatable bonds is 2. The van der Waals surface area contributed by atoms with E-state index in [2.05, 4.69) is 0 Å². The minimum absolute atomic E-state index is 0.0507. The van der Waals surface area contributed by atoms with Crippen molar-refractivity contribution in [2.45, 2.75) is 11.8 Å². The van der Waals surface area contributed by atoms with Crippen LogP contribution >= 0.6 is 11.9 Å². The average molecular weight is 225 g/mol. The van der Waals surface area contributed by atoms with Crippen LogP contribution in [0.3, 0.4) is 0 Å². The number of fused-ring (bicyclic) bond motifs is 1. The van der Waals surface area contributed by atoms with Crippen LogP contribution in [0.25, 0.3) is 0 Å². The number of hydrogen-bond acceptors (Lipinski definition) is 5. The summed E-state index contributed by atoms with van der Waals surface area (Å²) in [7, 11) is 0. The zero-order valence-electron chi connectivity index (χ0n) is 7.58. The second kappa shape index (κ2) is 3.47. The van der Waals surface area contributed by atoms with Gasteiger partial charge in [-0.15, -0.1) is 0 Å². The monoisotopic (exact) mass is 225 g/mol. The Balaban J connectivity index is 2.25. The van der Waals surface area contributed by atoms with E-state index >= 15 is 0 Å². The van der Waals surface area contributed by atoms with Gasteiger partial charge in [-0.3, -0.25) is 9.69 Å². The Kier molecular flexibility index (Phi) is 2.28. The number of β-lactam (4-membered cyclic amide) rings is 1. The van der Waals surface area contributed by atoms with Gasteiger partial charge in [0, 0.05) is 6.20 Å². The lowest BCUT2D eigenvalue weighted by molar-refractivity contribution is -0.146. The molecule has 1 unspecified atom stereocenters. The van der Waals surface area contributed by atoms with Gasteiger partial charge in [0.25, 0.3) is 0 Å². The number of carboxylic acids is 1. The molecule has 0 aromatic rings. The summed E-state index contributed by atoms with van der Waals surface area (Å²) >= 11 is 1.31. The molecule has 1 N–H and O–H groups in total. The van der Waals surface area contributed by atoms with Gasteiger partial charge in [-0.25, -0.2) is 4.79 Å². The van der Waals surface area contributed by atoms with Crippen LogP contribution in [0.15, 0.2) is 11.9 Å². The number of carbonyl (C=O) groups excluding carboxylic acids is 1. The molecule has 2 heterocycles. The van der Waals surface area contributed by atoms with E-state index < -0.39 is 5.97 Å². The summed E-state index contributed by atoms with van der Waals surface area (Å²) in [5.74, 6) is -1.32. The van der Waals surface area contributed by atoms with Crippen molar-refractivity contribution < 1.29 is 14.7 Å². The third kappa shape index (κ3) is 1.53. The summed E-state index contributed by atoms with van der Waals surface area (Å²) < 4.78 is 1.54. The predicted molar refractivity (Wildman–Crippen MR) is 50.9 cm³/mol. The first-order valence-corrected chi connectivity index (χ1v) is 5.04. The molecule has 2 aliphatic rings. The van der Waals surface area contributed by atoms with Crippen LogP contribution in [0.1, 0.15) is 6.42 Å². The van der Waals surface area contributed by atoms with E-state index in [4.69, 9.17) is 10.4 Å². The van der Waals surface area contributed by atoms with Crippen molar-refractivity contribution in [3.05, 3.63) is 11.9 Å². The Morgan fingerprint density at radius 2 is 2.53 bits per heavy atom. The van der Waals surface area contributed by atoms with E-state index in [0.717, 1.165) is 0 Å². The van der Waals surface area contributed by atoms with Crippen LogP contribution in [0.5, 0.6) is 0 Å². The molecule has 7 heteroatoms. The Bertz CT molecular complexity index is 400. The maximum absolute atomic E-state index is 11.2. The van der Waals surface area contributed by atoms with E-state index in [9.17, 15) is 9.59 Å². The summed E-state index contributed by atoms with van der Waals surface area (Å²) in [6.07, 6.45) is 1.65. The van der Waals surface area contributed by atoms with Gasteiger partial charge in [0.1, 0.15) is 17.6 Å². The first kappa shape index (κ1) is 9.86. The van der Waals surface area contributed by atoms with E-state index in [0.29, 0.717) is 6.42 Å². The normalized spacial score (nSPS) is 23.8. The highest BCUT2D eigenvalue weighted by atomic mass is 32.2. The lowest BCUT2D eigenvalue weighted by atomic mass is 10.1. The number of aliphatic carboxylic acids is 1. The topological polar surface area (TPSA) is 84.6 Å². The molecule has 2 aliphatic heterocycles. The maximum Gasteiger partial charge on any atom is 0.354 e. The molecule has 15 heavy (non-hydrogen) atoms. The quantitative estimate of drug-likeness (QED) is 0.403. The van der Waals surface area contributed by atoms with Gasteiger partial charge < -0.3 is 9.41 Å². The number of carbonyl (C=O) groups is 2. The molecule has 2 rings (SSSR count). The summed E-state index contributed by atoms with van der Waals surface area (Å²) in [5, 5.41) is 17.2. The number of carboxylic acid groups (broad SMARTS) is 1. The molecule has 0 bridgehead atoms. The summed E-state index contributed by atoms with van der Waals surface area (Å²) in [6, 6.07) is 1.93. The molecular weight excluding hydrogens is 218 g/mol. The molecular formula is C8H7N3O3S. The minimum Gasteiger partial charge on any atom is -0.477 e. The fourth-order valence-electron chi connectivity index (χ4n) is 1.46. The highest BCUT2D eigenvalue weighted by Gasteiger charge is 2.45. The molecule has 0 radical (unpaired) electrons. The average Bonchev–Trinajstić information content (AvgIpc) is 2.15. The SMILES string of the molecule is N#CCN1C=C(C(=O)O)N2C(=O)CC2S1. The molecule has 1 amide bonds. The lowest BCUT2D eigenvalue weighted by Crippen LogP contribution is -2.54. The van der Waals surface area contributed by atoms with E-state index in [1.165, 1.54) is 27.4 Å². The Morgan fingerprint density at radius 1 is 1.80 bits per heavy atom. The minimum atomic E-state index is -1.14. The molecule has 0 aromatic carbocycles. The van der Waals surface area contributed by atoms with Crippen molar-refractivity contribution >= 4 is 23.8 Å². The van der Waals surface area contributed by atoms with Crippen LogP contribution < -0.4 is 0 Å².